The fraction of sp³-hybridized carbons (Fsp3) is 0.474. The van der Waals surface area contributed by atoms with Crippen LogP contribution < -0.4 is 5.32 Å². The Morgan fingerprint density at radius 2 is 2.12 bits per heavy atom. The van der Waals surface area contributed by atoms with Gasteiger partial charge in [-0.3, -0.25) is 9.59 Å². The number of carbonyl (C=O) groups excluding carboxylic acids is 2. The molecule has 4 nitrogen and oxygen atoms in total. The van der Waals surface area contributed by atoms with Gasteiger partial charge < -0.3 is 10.2 Å². The van der Waals surface area contributed by atoms with Gasteiger partial charge in [-0.15, -0.1) is 0 Å². The van der Waals surface area contributed by atoms with Crippen molar-refractivity contribution in [1.29, 1.82) is 0 Å². The molecule has 2 unspecified atom stereocenters. The topological polar surface area (TPSA) is 49.4 Å². The van der Waals surface area contributed by atoms with Crippen LogP contribution in [0.2, 0.25) is 5.02 Å². The molecular formula is C19H22ClFN2O2. The van der Waals surface area contributed by atoms with Gasteiger partial charge in [-0.05, 0) is 61.4 Å². The molecule has 0 radical (unpaired) electrons. The number of amides is 2. The molecule has 2 amide bonds. The molecule has 1 aliphatic carbocycles. The first-order valence-corrected chi connectivity index (χ1v) is 9.07. The zero-order valence-corrected chi connectivity index (χ0v) is 14.8. The largest absolute Gasteiger partial charge is 0.349 e. The van der Waals surface area contributed by atoms with E-state index in [2.05, 4.69) is 11.9 Å². The van der Waals surface area contributed by atoms with Gasteiger partial charge in [0.2, 0.25) is 11.8 Å². The molecule has 3 rings (SSSR count). The van der Waals surface area contributed by atoms with Gasteiger partial charge in [0.25, 0.3) is 0 Å². The van der Waals surface area contributed by atoms with Gasteiger partial charge in [0.05, 0.1) is 12.0 Å². The lowest BCUT2D eigenvalue weighted by molar-refractivity contribution is -0.132. The van der Waals surface area contributed by atoms with Gasteiger partial charge in [-0.1, -0.05) is 18.2 Å². The van der Waals surface area contributed by atoms with E-state index in [9.17, 15) is 14.0 Å². The molecule has 1 N–H and O–H groups in total. The summed E-state index contributed by atoms with van der Waals surface area (Å²) >= 11 is 6.00. The summed E-state index contributed by atoms with van der Waals surface area (Å²) in [6, 6.07) is 2.85. The highest BCUT2D eigenvalue weighted by Gasteiger charge is 2.31. The summed E-state index contributed by atoms with van der Waals surface area (Å²) in [7, 11) is 0. The van der Waals surface area contributed by atoms with E-state index < -0.39 is 0 Å². The second kappa shape index (κ2) is 7.56. The molecule has 1 saturated heterocycles. The maximum Gasteiger partial charge on any atom is 0.245 e. The van der Waals surface area contributed by atoms with Crippen LogP contribution in [0.25, 0.3) is 0 Å². The van der Waals surface area contributed by atoms with Crippen LogP contribution >= 0.6 is 11.6 Å². The first-order valence-electron chi connectivity index (χ1n) is 8.69. The van der Waals surface area contributed by atoms with Crippen molar-refractivity contribution >= 4 is 23.4 Å². The molecule has 2 aliphatic rings. The summed E-state index contributed by atoms with van der Waals surface area (Å²) in [5.41, 5.74) is 1.42. The van der Waals surface area contributed by atoms with Crippen molar-refractivity contribution < 1.29 is 14.0 Å². The number of hydrogen-bond donors (Lipinski definition) is 1. The summed E-state index contributed by atoms with van der Waals surface area (Å²) in [6.07, 6.45) is 5.07. The molecule has 25 heavy (non-hydrogen) atoms. The van der Waals surface area contributed by atoms with Crippen LogP contribution in [-0.2, 0) is 16.0 Å². The molecule has 0 saturated carbocycles. The van der Waals surface area contributed by atoms with Gasteiger partial charge in [0.1, 0.15) is 5.82 Å². The van der Waals surface area contributed by atoms with Gasteiger partial charge in [0.15, 0.2) is 0 Å². The Kier molecular flexibility index (Phi) is 5.42. The summed E-state index contributed by atoms with van der Waals surface area (Å²) < 4.78 is 14.1. The maximum atomic E-state index is 14.1. The van der Waals surface area contributed by atoms with E-state index in [0.29, 0.717) is 30.1 Å². The lowest BCUT2D eigenvalue weighted by atomic mass is 9.86. The van der Waals surface area contributed by atoms with E-state index in [0.717, 1.165) is 31.2 Å². The van der Waals surface area contributed by atoms with E-state index in [1.54, 1.807) is 11.0 Å². The van der Waals surface area contributed by atoms with Crippen molar-refractivity contribution in [3.8, 4) is 0 Å². The predicted octanol–water partition coefficient (Wildman–Crippen LogP) is 3.40. The number of carbonyl (C=O) groups is 2. The van der Waals surface area contributed by atoms with Gasteiger partial charge in [0, 0.05) is 18.1 Å². The van der Waals surface area contributed by atoms with E-state index in [1.807, 2.05) is 0 Å². The average molecular weight is 365 g/mol. The highest BCUT2D eigenvalue weighted by Crippen LogP contribution is 2.34. The lowest BCUT2D eigenvalue weighted by Gasteiger charge is -2.33. The molecule has 134 valence electrons. The second-order valence-electron chi connectivity index (χ2n) is 6.74. The third-order valence-corrected chi connectivity index (χ3v) is 5.30. The van der Waals surface area contributed by atoms with E-state index in [1.165, 1.54) is 12.1 Å². The fourth-order valence-corrected chi connectivity index (χ4v) is 4.01. The highest BCUT2D eigenvalue weighted by atomic mass is 35.5. The standard InChI is InChI=1S/C19H22ClFN2O2/c1-2-18(24)23-8-4-5-12(11-23)19(25)22-17-7-3-6-14-15(17)9-13(20)10-16(14)21/h2,9-10,12,17H,1,3-8,11H2,(H,22,25). The number of rotatable bonds is 3. The third-order valence-electron chi connectivity index (χ3n) is 5.08. The molecule has 1 fully saturated rings. The van der Waals surface area contributed by atoms with E-state index in [-0.39, 0.29) is 29.6 Å². The van der Waals surface area contributed by atoms with Crippen LogP contribution in [-0.4, -0.2) is 29.8 Å². The fourth-order valence-electron chi connectivity index (χ4n) is 3.80. The SMILES string of the molecule is C=CC(=O)N1CCCC(C(=O)NC2CCCc3c(F)cc(Cl)cc32)C1. The second-order valence-corrected chi connectivity index (χ2v) is 7.17. The number of hydrogen-bond acceptors (Lipinski definition) is 2. The number of benzene rings is 1. The molecule has 1 aromatic carbocycles. The zero-order chi connectivity index (χ0) is 18.0. The van der Waals surface area contributed by atoms with Gasteiger partial charge in [-0.25, -0.2) is 4.39 Å². The van der Waals surface area contributed by atoms with Crippen molar-refractivity contribution in [3.63, 3.8) is 0 Å². The smallest absolute Gasteiger partial charge is 0.245 e. The molecule has 0 spiro atoms. The molecule has 1 aromatic rings. The highest BCUT2D eigenvalue weighted by molar-refractivity contribution is 6.30. The molecule has 0 bridgehead atoms. The summed E-state index contributed by atoms with van der Waals surface area (Å²) in [4.78, 5) is 26.1. The van der Waals surface area contributed by atoms with E-state index >= 15 is 0 Å². The molecule has 2 atom stereocenters. The van der Waals surface area contributed by atoms with Crippen LogP contribution in [0.15, 0.2) is 24.8 Å². The van der Waals surface area contributed by atoms with Crippen LogP contribution in [0.3, 0.4) is 0 Å². The van der Waals surface area contributed by atoms with Gasteiger partial charge in [-0.2, -0.15) is 0 Å². The first kappa shape index (κ1) is 17.9. The van der Waals surface area contributed by atoms with Crippen molar-refractivity contribution in [2.45, 2.75) is 38.1 Å². The molecule has 0 aromatic heterocycles. The Morgan fingerprint density at radius 1 is 1.32 bits per heavy atom. The summed E-state index contributed by atoms with van der Waals surface area (Å²) in [5.74, 6) is -0.775. The number of likely N-dealkylation sites (tertiary alicyclic amines) is 1. The lowest BCUT2D eigenvalue weighted by Crippen LogP contribution is -2.46. The van der Waals surface area contributed by atoms with Crippen molar-refractivity contribution in [2.75, 3.05) is 13.1 Å². The predicted molar refractivity (Wildman–Crippen MR) is 94.7 cm³/mol. The van der Waals surface area contributed by atoms with Crippen molar-refractivity contribution in [2.24, 2.45) is 5.92 Å². The van der Waals surface area contributed by atoms with Crippen LogP contribution in [0.4, 0.5) is 4.39 Å². The minimum absolute atomic E-state index is 0.0835. The molecule has 6 heteroatoms. The first-order chi connectivity index (χ1) is 12.0. The normalized spacial score (nSPS) is 22.9. The third kappa shape index (κ3) is 3.87. The van der Waals surface area contributed by atoms with Crippen LogP contribution in [0, 0.1) is 11.7 Å². The Balaban J connectivity index is 1.72. The quantitative estimate of drug-likeness (QED) is 0.836. The minimum atomic E-state index is -0.304. The van der Waals surface area contributed by atoms with Crippen LogP contribution in [0.1, 0.15) is 42.9 Å². The maximum absolute atomic E-state index is 14.1. The Labute approximate surface area is 152 Å². The number of fused-ring (bicyclic) bond motifs is 1. The summed E-state index contributed by atoms with van der Waals surface area (Å²) in [5, 5.41) is 3.39. The van der Waals surface area contributed by atoms with Crippen molar-refractivity contribution in [3.05, 3.63) is 46.8 Å². The summed E-state index contributed by atoms with van der Waals surface area (Å²) in [6.45, 7) is 4.56. The average Bonchev–Trinajstić information content (AvgIpc) is 2.61. The minimum Gasteiger partial charge on any atom is -0.349 e. The zero-order valence-electron chi connectivity index (χ0n) is 14.1. The molecular weight excluding hydrogens is 343 g/mol. The Morgan fingerprint density at radius 3 is 2.88 bits per heavy atom. The monoisotopic (exact) mass is 364 g/mol. The van der Waals surface area contributed by atoms with E-state index in [4.69, 9.17) is 11.6 Å². The Hall–Kier alpha value is -1.88. The number of nitrogens with zero attached hydrogens (tertiary/aromatic N) is 1. The molecule has 1 heterocycles. The van der Waals surface area contributed by atoms with Gasteiger partial charge >= 0.3 is 0 Å². The number of halogens is 2. The van der Waals surface area contributed by atoms with Crippen molar-refractivity contribution in [1.82, 2.24) is 10.2 Å². The van der Waals surface area contributed by atoms with Crippen LogP contribution in [0.5, 0.6) is 0 Å². The number of piperidine rings is 1. The molecule has 1 aliphatic heterocycles. The Bertz CT molecular complexity index is 707. The number of nitrogens with one attached hydrogen (secondary N) is 1.